The highest BCUT2D eigenvalue weighted by Gasteiger charge is 2.29. The molecule has 2 aliphatic rings. The monoisotopic (exact) mass is 327 g/mol. The molecule has 0 bridgehead atoms. The van der Waals surface area contributed by atoms with Crippen molar-refractivity contribution in [3.63, 3.8) is 0 Å². The Morgan fingerprint density at radius 2 is 1.87 bits per heavy atom. The number of carbonyl (C=O) groups is 2. The van der Waals surface area contributed by atoms with Gasteiger partial charge >= 0.3 is 5.97 Å². The van der Waals surface area contributed by atoms with Gasteiger partial charge in [0.25, 0.3) is 0 Å². The van der Waals surface area contributed by atoms with Crippen molar-refractivity contribution in [2.24, 2.45) is 5.92 Å². The van der Waals surface area contributed by atoms with Crippen LogP contribution in [-0.2, 0) is 19.1 Å². The van der Waals surface area contributed by atoms with E-state index in [1.54, 1.807) is 0 Å². The third-order valence-corrected chi connectivity index (χ3v) is 4.73. The zero-order valence-corrected chi connectivity index (χ0v) is 13.8. The fourth-order valence-corrected chi connectivity index (χ4v) is 3.39. The van der Waals surface area contributed by atoms with Crippen LogP contribution < -0.4 is 5.32 Å². The van der Waals surface area contributed by atoms with Crippen LogP contribution in [0.15, 0.2) is 0 Å². The predicted molar refractivity (Wildman–Crippen MR) is 85.2 cm³/mol. The normalized spacial score (nSPS) is 28.8. The summed E-state index contributed by atoms with van der Waals surface area (Å²) in [7, 11) is 0. The van der Waals surface area contributed by atoms with Gasteiger partial charge in [-0.25, -0.2) is 0 Å². The van der Waals surface area contributed by atoms with Gasteiger partial charge in [-0.15, -0.1) is 0 Å². The zero-order chi connectivity index (χ0) is 16.5. The first-order valence-electron chi connectivity index (χ1n) is 8.88. The number of aliphatic carboxylic acids is 1. The van der Waals surface area contributed by atoms with E-state index < -0.39 is 11.9 Å². The molecule has 1 aliphatic heterocycles. The van der Waals surface area contributed by atoms with E-state index in [0.29, 0.717) is 19.6 Å². The van der Waals surface area contributed by atoms with E-state index in [4.69, 9.17) is 9.47 Å². The highest BCUT2D eigenvalue weighted by atomic mass is 16.5. The van der Waals surface area contributed by atoms with Gasteiger partial charge in [0, 0.05) is 19.1 Å². The third kappa shape index (κ3) is 6.47. The van der Waals surface area contributed by atoms with Crippen molar-refractivity contribution < 1.29 is 24.2 Å². The number of carbonyl (C=O) groups excluding carboxylic acids is 1. The van der Waals surface area contributed by atoms with Crippen molar-refractivity contribution in [1.82, 2.24) is 5.32 Å². The SMILES string of the molecule is O=C(CCOCC1CCCO1)NC1CCCCCCC1C(=O)O. The molecule has 1 saturated carbocycles. The van der Waals surface area contributed by atoms with E-state index in [-0.39, 0.29) is 24.5 Å². The average Bonchev–Trinajstić information content (AvgIpc) is 2.99. The fourth-order valence-electron chi connectivity index (χ4n) is 3.39. The van der Waals surface area contributed by atoms with Gasteiger partial charge < -0.3 is 19.9 Å². The molecule has 1 saturated heterocycles. The maximum absolute atomic E-state index is 12.1. The highest BCUT2D eigenvalue weighted by Crippen LogP contribution is 2.23. The largest absolute Gasteiger partial charge is 0.481 e. The first-order chi connectivity index (χ1) is 11.2. The van der Waals surface area contributed by atoms with Gasteiger partial charge in [0.15, 0.2) is 0 Å². The number of rotatable bonds is 7. The molecule has 6 nitrogen and oxygen atoms in total. The molecule has 132 valence electrons. The smallest absolute Gasteiger partial charge is 0.308 e. The summed E-state index contributed by atoms with van der Waals surface area (Å²) in [5.74, 6) is -1.38. The molecule has 1 amide bonds. The summed E-state index contributed by atoms with van der Waals surface area (Å²) in [5.41, 5.74) is 0. The van der Waals surface area contributed by atoms with Crippen LogP contribution in [0.3, 0.4) is 0 Å². The van der Waals surface area contributed by atoms with Gasteiger partial charge in [0.2, 0.25) is 5.91 Å². The second-order valence-electron chi connectivity index (χ2n) is 6.57. The van der Waals surface area contributed by atoms with Gasteiger partial charge in [0.1, 0.15) is 0 Å². The number of hydrogen-bond donors (Lipinski definition) is 2. The van der Waals surface area contributed by atoms with Crippen molar-refractivity contribution in [3.05, 3.63) is 0 Å². The van der Waals surface area contributed by atoms with Gasteiger partial charge in [0.05, 0.1) is 25.2 Å². The molecule has 2 N–H and O–H groups in total. The van der Waals surface area contributed by atoms with E-state index in [1.807, 2.05) is 0 Å². The second-order valence-corrected chi connectivity index (χ2v) is 6.57. The minimum absolute atomic E-state index is 0.117. The predicted octanol–water partition coefficient (Wildman–Crippen LogP) is 2.11. The first-order valence-corrected chi connectivity index (χ1v) is 8.88. The van der Waals surface area contributed by atoms with E-state index in [9.17, 15) is 14.7 Å². The number of carboxylic acids is 1. The molecule has 1 aliphatic carbocycles. The quantitative estimate of drug-likeness (QED) is 0.700. The summed E-state index contributed by atoms with van der Waals surface area (Å²) >= 11 is 0. The Kier molecular flexibility index (Phi) is 7.82. The van der Waals surface area contributed by atoms with Crippen LogP contribution in [0, 0.1) is 5.92 Å². The summed E-state index contributed by atoms with van der Waals surface area (Å²) < 4.78 is 11.0. The molecule has 2 fully saturated rings. The van der Waals surface area contributed by atoms with Gasteiger partial charge in [-0.05, 0) is 25.7 Å². The Morgan fingerprint density at radius 3 is 2.57 bits per heavy atom. The standard InChI is InChI=1S/C17H29NO5/c19-16(9-11-22-12-13-6-5-10-23-13)18-15-8-4-2-1-3-7-14(15)17(20)21/h13-15H,1-12H2,(H,18,19)(H,20,21). The lowest BCUT2D eigenvalue weighted by atomic mass is 9.86. The summed E-state index contributed by atoms with van der Waals surface area (Å²) in [6, 6.07) is -0.251. The van der Waals surface area contributed by atoms with E-state index in [2.05, 4.69) is 5.32 Å². The van der Waals surface area contributed by atoms with Crippen LogP contribution in [0.25, 0.3) is 0 Å². The fraction of sp³-hybridized carbons (Fsp3) is 0.882. The van der Waals surface area contributed by atoms with E-state index in [1.165, 1.54) is 0 Å². The second kappa shape index (κ2) is 9.88. The molecule has 23 heavy (non-hydrogen) atoms. The Labute approximate surface area is 137 Å². The topological polar surface area (TPSA) is 84.9 Å². The first kappa shape index (κ1) is 18.2. The van der Waals surface area contributed by atoms with E-state index in [0.717, 1.165) is 51.6 Å². The maximum Gasteiger partial charge on any atom is 0.308 e. The lowest BCUT2D eigenvalue weighted by Gasteiger charge is -2.27. The number of hydrogen-bond acceptors (Lipinski definition) is 4. The minimum atomic E-state index is -0.799. The number of amides is 1. The van der Waals surface area contributed by atoms with Crippen LogP contribution in [0.5, 0.6) is 0 Å². The Hall–Kier alpha value is -1.14. The van der Waals surface area contributed by atoms with Crippen LogP contribution in [0.2, 0.25) is 0 Å². The molecule has 2 rings (SSSR count). The molecule has 0 aromatic rings. The molecule has 0 radical (unpaired) electrons. The Morgan fingerprint density at radius 1 is 1.09 bits per heavy atom. The highest BCUT2D eigenvalue weighted by molar-refractivity contribution is 5.78. The van der Waals surface area contributed by atoms with Crippen molar-refractivity contribution >= 4 is 11.9 Å². The van der Waals surface area contributed by atoms with Crippen LogP contribution >= 0.6 is 0 Å². The number of nitrogens with one attached hydrogen (secondary N) is 1. The Balaban J connectivity index is 1.69. The molecule has 3 atom stereocenters. The minimum Gasteiger partial charge on any atom is -0.481 e. The van der Waals surface area contributed by atoms with Crippen LogP contribution in [-0.4, -0.2) is 48.9 Å². The van der Waals surface area contributed by atoms with E-state index >= 15 is 0 Å². The summed E-state index contributed by atoms with van der Waals surface area (Å²) in [6.45, 7) is 1.69. The molecule has 6 heteroatoms. The molecule has 0 aromatic carbocycles. The lowest BCUT2D eigenvalue weighted by molar-refractivity contribution is -0.143. The van der Waals surface area contributed by atoms with Crippen molar-refractivity contribution in [1.29, 1.82) is 0 Å². The van der Waals surface area contributed by atoms with Crippen LogP contribution in [0.4, 0.5) is 0 Å². The Bertz CT molecular complexity index is 381. The molecule has 3 unspecified atom stereocenters. The van der Waals surface area contributed by atoms with Gasteiger partial charge in [-0.3, -0.25) is 9.59 Å². The molecule has 1 heterocycles. The summed E-state index contributed by atoms with van der Waals surface area (Å²) in [5, 5.41) is 12.3. The third-order valence-electron chi connectivity index (χ3n) is 4.73. The number of ether oxygens (including phenoxy) is 2. The molecule has 0 aromatic heterocycles. The summed E-state index contributed by atoms with van der Waals surface area (Å²) in [4.78, 5) is 23.5. The molecule has 0 spiro atoms. The average molecular weight is 327 g/mol. The van der Waals surface area contributed by atoms with Gasteiger partial charge in [-0.2, -0.15) is 0 Å². The summed E-state index contributed by atoms with van der Waals surface area (Å²) in [6.07, 6.45) is 8.04. The van der Waals surface area contributed by atoms with Gasteiger partial charge in [-0.1, -0.05) is 25.7 Å². The van der Waals surface area contributed by atoms with Crippen LogP contribution in [0.1, 0.15) is 57.8 Å². The van der Waals surface area contributed by atoms with Crippen molar-refractivity contribution in [3.8, 4) is 0 Å². The zero-order valence-electron chi connectivity index (χ0n) is 13.8. The van der Waals surface area contributed by atoms with Crippen molar-refractivity contribution in [2.45, 2.75) is 69.9 Å². The number of carboxylic acid groups (broad SMARTS) is 1. The maximum atomic E-state index is 12.1. The molecular weight excluding hydrogens is 298 g/mol. The van der Waals surface area contributed by atoms with Crippen molar-refractivity contribution in [2.75, 3.05) is 19.8 Å². The lowest BCUT2D eigenvalue weighted by Crippen LogP contribution is -2.44. The molecular formula is C17H29NO5.